The van der Waals surface area contributed by atoms with Gasteiger partial charge >= 0.3 is 0 Å². The summed E-state index contributed by atoms with van der Waals surface area (Å²) in [4.78, 5) is 0. The van der Waals surface area contributed by atoms with E-state index < -0.39 is 5.82 Å². The SMILES string of the molecule is Nc1cc(F)c(Cl)cc1NCCOc1ccccc1. The van der Waals surface area contributed by atoms with Crippen LogP contribution < -0.4 is 15.8 Å². The number of hydrogen-bond donors (Lipinski definition) is 2. The average molecular weight is 281 g/mol. The molecule has 19 heavy (non-hydrogen) atoms. The number of nitrogens with two attached hydrogens (primary N) is 1. The first-order valence-corrected chi connectivity index (χ1v) is 6.21. The van der Waals surface area contributed by atoms with Crippen LogP contribution in [-0.4, -0.2) is 13.2 Å². The summed E-state index contributed by atoms with van der Waals surface area (Å²) in [5, 5.41) is 3.09. The van der Waals surface area contributed by atoms with Crippen LogP contribution in [0.5, 0.6) is 5.75 Å². The van der Waals surface area contributed by atoms with E-state index in [-0.39, 0.29) is 5.02 Å². The van der Waals surface area contributed by atoms with Crippen LogP contribution in [0.1, 0.15) is 0 Å². The molecule has 2 aromatic rings. The predicted octanol–water partition coefficient (Wildman–Crippen LogP) is 3.55. The van der Waals surface area contributed by atoms with Gasteiger partial charge in [-0.3, -0.25) is 0 Å². The second-order valence-corrected chi connectivity index (χ2v) is 4.35. The number of halogens is 2. The van der Waals surface area contributed by atoms with Gasteiger partial charge in [-0.05, 0) is 18.2 Å². The van der Waals surface area contributed by atoms with Crippen molar-refractivity contribution in [2.45, 2.75) is 0 Å². The van der Waals surface area contributed by atoms with Crippen molar-refractivity contribution >= 4 is 23.0 Å². The Hall–Kier alpha value is -1.94. The van der Waals surface area contributed by atoms with E-state index in [1.54, 1.807) is 0 Å². The van der Waals surface area contributed by atoms with Crippen LogP contribution in [0.3, 0.4) is 0 Å². The normalized spacial score (nSPS) is 10.2. The van der Waals surface area contributed by atoms with Crippen LogP contribution in [0.4, 0.5) is 15.8 Å². The Morgan fingerprint density at radius 1 is 1.21 bits per heavy atom. The van der Waals surface area contributed by atoms with Crippen LogP contribution in [-0.2, 0) is 0 Å². The zero-order chi connectivity index (χ0) is 13.7. The van der Waals surface area contributed by atoms with Gasteiger partial charge in [0.1, 0.15) is 18.2 Å². The molecule has 5 heteroatoms. The van der Waals surface area contributed by atoms with Crippen molar-refractivity contribution in [1.82, 2.24) is 0 Å². The Balaban J connectivity index is 1.85. The maximum atomic E-state index is 13.1. The fourth-order valence-corrected chi connectivity index (χ4v) is 1.75. The third-order valence-corrected chi connectivity index (χ3v) is 2.81. The molecule has 100 valence electrons. The number of rotatable bonds is 5. The number of ether oxygens (including phenoxy) is 1. The van der Waals surface area contributed by atoms with Crippen molar-refractivity contribution in [3.63, 3.8) is 0 Å². The monoisotopic (exact) mass is 280 g/mol. The predicted molar refractivity (Wildman–Crippen MR) is 76.2 cm³/mol. The molecule has 0 radical (unpaired) electrons. The van der Waals surface area contributed by atoms with Gasteiger partial charge in [-0.2, -0.15) is 0 Å². The van der Waals surface area contributed by atoms with Gasteiger partial charge in [-0.25, -0.2) is 4.39 Å². The first-order chi connectivity index (χ1) is 9.16. The number of para-hydroxylation sites is 1. The quantitative estimate of drug-likeness (QED) is 0.650. The lowest BCUT2D eigenvalue weighted by atomic mass is 10.2. The maximum absolute atomic E-state index is 13.1. The van der Waals surface area contributed by atoms with Crippen molar-refractivity contribution in [3.05, 3.63) is 53.3 Å². The van der Waals surface area contributed by atoms with Gasteiger partial charge in [0.25, 0.3) is 0 Å². The molecule has 0 heterocycles. The summed E-state index contributed by atoms with van der Waals surface area (Å²) in [5.41, 5.74) is 6.60. The number of benzene rings is 2. The van der Waals surface area contributed by atoms with E-state index in [1.165, 1.54) is 12.1 Å². The van der Waals surface area contributed by atoms with Crippen molar-refractivity contribution in [2.75, 3.05) is 24.2 Å². The van der Waals surface area contributed by atoms with Gasteiger partial charge in [0.15, 0.2) is 0 Å². The highest BCUT2D eigenvalue weighted by molar-refractivity contribution is 6.31. The highest BCUT2D eigenvalue weighted by Crippen LogP contribution is 2.25. The lowest BCUT2D eigenvalue weighted by Gasteiger charge is -2.11. The van der Waals surface area contributed by atoms with Gasteiger partial charge < -0.3 is 15.8 Å². The molecule has 2 aromatic carbocycles. The number of hydrogen-bond acceptors (Lipinski definition) is 3. The minimum Gasteiger partial charge on any atom is -0.492 e. The van der Waals surface area contributed by atoms with E-state index in [0.717, 1.165) is 5.75 Å². The van der Waals surface area contributed by atoms with E-state index >= 15 is 0 Å². The van der Waals surface area contributed by atoms with Gasteiger partial charge in [0.05, 0.1) is 16.4 Å². The topological polar surface area (TPSA) is 47.3 Å². The van der Waals surface area contributed by atoms with Gasteiger partial charge in [0.2, 0.25) is 0 Å². The molecule has 0 aromatic heterocycles. The average Bonchev–Trinajstić information content (AvgIpc) is 2.41. The second kappa shape index (κ2) is 6.29. The smallest absolute Gasteiger partial charge is 0.143 e. The Bertz CT molecular complexity index is 549. The number of nitrogens with one attached hydrogen (secondary N) is 1. The molecular weight excluding hydrogens is 267 g/mol. The molecule has 3 nitrogen and oxygen atoms in total. The molecule has 0 saturated heterocycles. The van der Waals surface area contributed by atoms with Gasteiger partial charge in [-0.1, -0.05) is 29.8 Å². The second-order valence-electron chi connectivity index (χ2n) is 3.94. The third-order valence-electron chi connectivity index (χ3n) is 2.52. The van der Waals surface area contributed by atoms with Crippen molar-refractivity contribution in [1.29, 1.82) is 0 Å². The number of anilines is 2. The summed E-state index contributed by atoms with van der Waals surface area (Å²) in [6.07, 6.45) is 0. The zero-order valence-corrected chi connectivity index (χ0v) is 11.0. The Morgan fingerprint density at radius 3 is 2.68 bits per heavy atom. The molecule has 0 atom stereocenters. The summed E-state index contributed by atoms with van der Waals surface area (Å²) >= 11 is 5.69. The minimum absolute atomic E-state index is 0.0423. The first-order valence-electron chi connectivity index (χ1n) is 5.83. The maximum Gasteiger partial charge on any atom is 0.143 e. The lowest BCUT2D eigenvalue weighted by Crippen LogP contribution is -2.12. The Morgan fingerprint density at radius 2 is 1.95 bits per heavy atom. The molecule has 0 bridgehead atoms. The van der Waals surface area contributed by atoms with Crippen molar-refractivity contribution in [2.24, 2.45) is 0 Å². The Labute approximate surface area is 116 Å². The fraction of sp³-hybridized carbons (Fsp3) is 0.143. The summed E-state index contributed by atoms with van der Waals surface area (Å²) in [6, 6.07) is 12.1. The van der Waals surface area contributed by atoms with E-state index in [1.807, 2.05) is 30.3 Å². The van der Waals surface area contributed by atoms with E-state index in [2.05, 4.69) is 5.32 Å². The number of nitrogen functional groups attached to an aromatic ring is 1. The molecule has 2 rings (SSSR count). The summed E-state index contributed by atoms with van der Waals surface area (Å²) < 4.78 is 18.6. The molecular formula is C14H14ClFN2O. The van der Waals surface area contributed by atoms with Crippen molar-refractivity contribution < 1.29 is 9.13 Å². The lowest BCUT2D eigenvalue weighted by molar-refractivity contribution is 0.333. The van der Waals surface area contributed by atoms with Crippen LogP contribution in [0.25, 0.3) is 0 Å². The molecule has 0 fully saturated rings. The van der Waals surface area contributed by atoms with Crippen LogP contribution in [0.2, 0.25) is 5.02 Å². The van der Waals surface area contributed by atoms with Gasteiger partial charge in [-0.15, -0.1) is 0 Å². The van der Waals surface area contributed by atoms with E-state index in [9.17, 15) is 4.39 Å². The largest absolute Gasteiger partial charge is 0.492 e. The van der Waals surface area contributed by atoms with Crippen LogP contribution in [0.15, 0.2) is 42.5 Å². The van der Waals surface area contributed by atoms with Crippen LogP contribution in [0, 0.1) is 5.82 Å². The molecule has 0 aliphatic rings. The third kappa shape index (κ3) is 3.76. The highest BCUT2D eigenvalue weighted by Gasteiger charge is 2.05. The zero-order valence-electron chi connectivity index (χ0n) is 10.2. The molecule has 0 spiro atoms. The van der Waals surface area contributed by atoms with E-state index in [0.29, 0.717) is 24.5 Å². The summed E-state index contributed by atoms with van der Waals surface area (Å²) in [6.45, 7) is 1.01. The highest BCUT2D eigenvalue weighted by atomic mass is 35.5. The summed E-state index contributed by atoms with van der Waals surface area (Å²) in [5.74, 6) is 0.277. The Kier molecular flexibility index (Phi) is 4.47. The van der Waals surface area contributed by atoms with Gasteiger partial charge in [0, 0.05) is 12.6 Å². The van der Waals surface area contributed by atoms with Crippen molar-refractivity contribution in [3.8, 4) is 5.75 Å². The first kappa shape index (κ1) is 13.5. The standard InChI is InChI=1S/C14H14ClFN2O/c15-11-8-14(13(17)9-12(11)16)18-6-7-19-10-4-2-1-3-5-10/h1-5,8-9,18H,6-7,17H2. The molecule has 0 unspecified atom stereocenters. The van der Waals surface area contributed by atoms with E-state index in [4.69, 9.17) is 22.1 Å². The molecule has 3 N–H and O–H groups in total. The molecule has 0 aliphatic carbocycles. The molecule has 0 aliphatic heterocycles. The molecule has 0 amide bonds. The summed E-state index contributed by atoms with van der Waals surface area (Å²) in [7, 11) is 0. The molecule has 0 saturated carbocycles. The fourth-order valence-electron chi connectivity index (χ4n) is 1.59. The van der Waals surface area contributed by atoms with Crippen LogP contribution >= 0.6 is 11.6 Å². The minimum atomic E-state index is -0.523.